The summed E-state index contributed by atoms with van der Waals surface area (Å²) in [5.74, 6) is 0.623. The highest BCUT2D eigenvalue weighted by Gasteiger charge is 2.06. The Labute approximate surface area is 97.9 Å². The van der Waals surface area contributed by atoms with Gasteiger partial charge in [-0.05, 0) is 39.3 Å². The van der Waals surface area contributed by atoms with Crippen molar-refractivity contribution in [1.29, 1.82) is 0 Å². The fourth-order valence-corrected chi connectivity index (χ4v) is 1.41. The predicted octanol–water partition coefficient (Wildman–Crippen LogP) is 2.21. The molecule has 0 fully saturated rings. The van der Waals surface area contributed by atoms with Crippen molar-refractivity contribution < 1.29 is 0 Å². The van der Waals surface area contributed by atoms with Crippen LogP contribution < -0.4 is 0 Å². The minimum absolute atomic E-state index is 0.208. The van der Waals surface area contributed by atoms with Gasteiger partial charge in [0.05, 0.1) is 0 Å². The third kappa shape index (κ3) is 2.05. The van der Waals surface area contributed by atoms with Crippen LogP contribution in [0.25, 0.3) is 16.3 Å². The number of halogens is 1. The van der Waals surface area contributed by atoms with Gasteiger partial charge in [0, 0.05) is 23.5 Å². The van der Waals surface area contributed by atoms with Crippen LogP contribution in [0.15, 0.2) is 29.8 Å². The molecule has 2 aromatic heterocycles. The Morgan fingerprint density at radius 1 is 1.40 bits per heavy atom. The standard InChI is InChI=1S/C7H4IN7/c8-5-1-4-15(13-5)7-6(12-14-9)10-2-3-11-7/h1-4H. The summed E-state index contributed by atoms with van der Waals surface area (Å²) >= 11 is 2.08. The van der Waals surface area contributed by atoms with Crippen LogP contribution in [0, 0.1) is 3.70 Å². The van der Waals surface area contributed by atoms with E-state index in [-0.39, 0.29) is 5.82 Å². The van der Waals surface area contributed by atoms with Crippen LogP contribution in [0.3, 0.4) is 0 Å². The van der Waals surface area contributed by atoms with Crippen molar-refractivity contribution in [2.45, 2.75) is 0 Å². The highest BCUT2D eigenvalue weighted by molar-refractivity contribution is 14.1. The zero-order valence-electron chi connectivity index (χ0n) is 7.32. The Morgan fingerprint density at radius 3 is 2.87 bits per heavy atom. The van der Waals surface area contributed by atoms with Crippen LogP contribution in [-0.2, 0) is 0 Å². The first-order valence-electron chi connectivity index (χ1n) is 3.89. The maximum Gasteiger partial charge on any atom is 0.181 e. The number of aromatic nitrogens is 4. The van der Waals surface area contributed by atoms with Gasteiger partial charge in [-0.1, -0.05) is 0 Å². The molecular weight excluding hydrogens is 309 g/mol. The van der Waals surface area contributed by atoms with E-state index in [1.54, 1.807) is 6.20 Å². The number of hydrogen-bond acceptors (Lipinski definition) is 4. The van der Waals surface area contributed by atoms with Gasteiger partial charge in [0.1, 0.15) is 3.70 Å². The second kappa shape index (κ2) is 4.24. The van der Waals surface area contributed by atoms with Crippen molar-refractivity contribution in [1.82, 2.24) is 19.7 Å². The van der Waals surface area contributed by atoms with E-state index in [9.17, 15) is 0 Å². The lowest BCUT2D eigenvalue weighted by Gasteiger charge is -2.01. The van der Waals surface area contributed by atoms with Crippen LogP contribution in [0.4, 0.5) is 5.82 Å². The molecule has 0 aliphatic carbocycles. The Morgan fingerprint density at radius 2 is 2.20 bits per heavy atom. The molecule has 0 unspecified atom stereocenters. The van der Waals surface area contributed by atoms with Crippen molar-refractivity contribution >= 4 is 28.4 Å². The summed E-state index contributed by atoms with van der Waals surface area (Å²) in [6, 6.07) is 1.81. The van der Waals surface area contributed by atoms with E-state index in [4.69, 9.17) is 5.53 Å². The zero-order valence-corrected chi connectivity index (χ0v) is 9.48. The number of hydrogen-bond donors (Lipinski definition) is 0. The fourth-order valence-electron chi connectivity index (χ4n) is 1.02. The molecule has 8 heteroatoms. The first-order chi connectivity index (χ1) is 7.31. The highest BCUT2D eigenvalue weighted by Crippen LogP contribution is 2.17. The normalized spacial score (nSPS) is 9.67. The van der Waals surface area contributed by atoms with E-state index in [0.717, 1.165) is 3.70 Å². The average molecular weight is 313 g/mol. The molecule has 2 heterocycles. The third-order valence-electron chi connectivity index (χ3n) is 1.57. The molecule has 0 saturated carbocycles. The minimum Gasteiger partial charge on any atom is -0.249 e. The van der Waals surface area contributed by atoms with Crippen LogP contribution in [0.2, 0.25) is 0 Å². The van der Waals surface area contributed by atoms with Gasteiger partial charge in [-0.25, -0.2) is 14.6 Å². The van der Waals surface area contributed by atoms with Crippen LogP contribution in [0.1, 0.15) is 0 Å². The minimum atomic E-state index is 0.208. The molecule has 74 valence electrons. The molecule has 0 aromatic carbocycles. The molecule has 0 atom stereocenters. The number of rotatable bonds is 2. The van der Waals surface area contributed by atoms with E-state index < -0.39 is 0 Å². The maximum absolute atomic E-state index is 8.36. The second-order valence-electron chi connectivity index (χ2n) is 2.48. The van der Waals surface area contributed by atoms with Crippen molar-refractivity contribution in [2.24, 2.45) is 5.11 Å². The highest BCUT2D eigenvalue weighted by atomic mass is 127. The van der Waals surface area contributed by atoms with Gasteiger partial charge in [0.2, 0.25) is 0 Å². The van der Waals surface area contributed by atoms with Crippen LogP contribution in [0.5, 0.6) is 0 Å². The lowest BCUT2D eigenvalue weighted by Crippen LogP contribution is -1.99. The Kier molecular flexibility index (Phi) is 2.79. The molecule has 15 heavy (non-hydrogen) atoms. The molecule has 0 bridgehead atoms. The lowest BCUT2D eigenvalue weighted by atomic mass is 10.6. The van der Waals surface area contributed by atoms with E-state index in [1.165, 1.54) is 17.1 Å². The first-order valence-corrected chi connectivity index (χ1v) is 4.97. The van der Waals surface area contributed by atoms with Gasteiger partial charge in [-0.15, -0.1) is 0 Å². The number of azide groups is 1. The molecule has 2 rings (SSSR count). The molecule has 0 aliphatic heterocycles. The molecular formula is C7H4IN7. The largest absolute Gasteiger partial charge is 0.249 e. The SMILES string of the molecule is [N-]=[N+]=Nc1nccnc1-n1ccc(I)n1. The topological polar surface area (TPSA) is 92.4 Å². The predicted molar refractivity (Wildman–Crippen MR) is 60.7 cm³/mol. The summed E-state index contributed by atoms with van der Waals surface area (Å²) in [6.45, 7) is 0. The van der Waals surface area contributed by atoms with Gasteiger partial charge in [-0.2, -0.15) is 5.10 Å². The molecule has 0 N–H and O–H groups in total. The summed E-state index contributed by atoms with van der Waals surface area (Å²) in [5.41, 5.74) is 8.36. The van der Waals surface area contributed by atoms with Crippen molar-refractivity contribution in [3.63, 3.8) is 0 Å². The Hall–Kier alpha value is -1.67. The quantitative estimate of drug-likeness (QED) is 0.368. The Bertz CT molecular complexity index is 528. The third-order valence-corrected chi connectivity index (χ3v) is 2.15. The fraction of sp³-hybridized carbons (Fsp3) is 0. The van der Waals surface area contributed by atoms with E-state index in [0.29, 0.717) is 5.82 Å². The molecule has 0 amide bonds. The van der Waals surface area contributed by atoms with E-state index in [1.807, 2.05) is 6.07 Å². The molecule has 2 aromatic rings. The second-order valence-corrected chi connectivity index (χ2v) is 3.58. The van der Waals surface area contributed by atoms with Crippen molar-refractivity contribution in [3.8, 4) is 5.82 Å². The first kappa shape index (κ1) is 9.87. The molecule has 0 spiro atoms. The molecule has 0 saturated heterocycles. The van der Waals surface area contributed by atoms with Crippen LogP contribution in [-0.4, -0.2) is 19.7 Å². The van der Waals surface area contributed by atoms with E-state index >= 15 is 0 Å². The summed E-state index contributed by atoms with van der Waals surface area (Å²) in [7, 11) is 0. The van der Waals surface area contributed by atoms with Gasteiger partial charge < -0.3 is 0 Å². The van der Waals surface area contributed by atoms with Crippen molar-refractivity contribution in [2.75, 3.05) is 0 Å². The van der Waals surface area contributed by atoms with Crippen molar-refractivity contribution in [3.05, 3.63) is 38.8 Å². The zero-order chi connectivity index (χ0) is 10.7. The van der Waals surface area contributed by atoms with Crippen LogP contribution >= 0.6 is 22.6 Å². The summed E-state index contributed by atoms with van der Waals surface area (Å²) in [5, 5.41) is 7.58. The van der Waals surface area contributed by atoms with Gasteiger partial charge >= 0.3 is 0 Å². The lowest BCUT2D eigenvalue weighted by molar-refractivity contribution is 0.829. The maximum atomic E-state index is 8.36. The average Bonchev–Trinajstić information content (AvgIpc) is 2.66. The summed E-state index contributed by atoms with van der Waals surface area (Å²) in [4.78, 5) is 10.6. The van der Waals surface area contributed by atoms with Gasteiger partial charge in [0.15, 0.2) is 11.6 Å². The summed E-state index contributed by atoms with van der Waals surface area (Å²) in [6.07, 6.45) is 4.70. The molecule has 0 aliphatic rings. The smallest absolute Gasteiger partial charge is 0.181 e. The number of nitrogens with zero attached hydrogens (tertiary/aromatic N) is 7. The van der Waals surface area contributed by atoms with Gasteiger partial charge in [-0.3, -0.25) is 0 Å². The van der Waals surface area contributed by atoms with E-state index in [2.05, 4.69) is 47.7 Å². The van der Waals surface area contributed by atoms with Gasteiger partial charge in [0.25, 0.3) is 0 Å². The molecule has 0 radical (unpaired) electrons. The molecule has 7 nitrogen and oxygen atoms in total. The Balaban J connectivity index is 2.56. The monoisotopic (exact) mass is 313 g/mol. The summed E-state index contributed by atoms with van der Waals surface area (Å²) < 4.78 is 2.34.